The van der Waals surface area contributed by atoms with Crippen molar-refractivity contribution in [3.63, 3.8) is 0 Å². The number of rotatable bonds is 8. The van der Waals surface area contributed by atoms with E-state index in [1.165, 1.54) is 10.9 Å². The molecule has 0 amide bonds. The average Bonchev–Trinajstić information content (AvgIpc) is 2.97. The third kappa shape index (κ3) is 4.35. The van der Waals surface area contributed by atoms with E-state index in [2.05, 4.69) is 9.82 Å². The van der Waals surface area contributed by atoms with E-state index in [1.54, 1.807) is 31.2 Å². The van der Waals surface area contributed by atoms with Gasteiger partial charge in [-0.2, -0.15) is 5.10 Å². The van der Waals surface area contributed by atoms with Crippen LogP contribution in [0.1, 0.15) is 37.0 Å². The number of unbranched alkanes of at least 4 members (excludes halogenated alkanes) is 1. The molecular formula is C16H21N3O4S. The molecule has 7 nitrogen and oxygen atoms in total. The standard InChI is InChI=1S/C16H21N3O4S/c1-3-5-11-24(21,22)18-15-14(16(20)23-4-2)12-17-19(15)13-9-7-6-8-10-13/h6-10,12,18H,3-5,11H2,1-2H3. The Kier molecular flexibility index (Phi) is 5.97. The number of ether oxygens (including phenoxy) is 1. The molecule has 1 N–H and O–H groups in total. The van der Waals surface area contributed by atoms with E-state index in [0.717, 1.165) is 6.42 Å². The van der Waals surface area contributed by atoms with E-state index in [-0.39, 0.29) is 23.7 Å². The fourth-order valence-electron chi connectivity index (χ4n) is 2.10. The fourth-order valence-corrected chi connectivity index (χ4v) is 3.36. The number of carbonyl (C=O) groups is 1. The van der Waals surface area contributed by atoms with Gasteiger partial charge in [-0.25, -0.2) is 17.9 Å². The van der Waals surface area contributed by atoms with Gasteiger partial charge in [-0.1, -0.05) is 31.5 Å². The van der Waals surface area contributed by atoms with Crippen LogP contribution in [0.5, 0.6) is 0 Å². The molecule has 130 valence electrons. The first-order valence-corrected chi connectivity index (χ1v) is 9.44. The molecule has 1 heterocycles. The molecule has 2 rings (SSSR count). The molecule has 2 aromatic rings. The molecule has 0 radical (unpaired) electrons. The molecule has 24 heavy (non-hydrogen) atoms. The Morgan fingerprint density at radius 1 is 1.25 bits per heavy atom. The summed E-state index contributed by atoms with van der Waals surface area (Å²) in [5.74, 6) is -0.547. The third-order valence-corrected chi connectivity index (χ3v) is 4.61. The number of carbonyl (C=O) groups excluding carboxylic acids is 1. The molecule has 1 aromatic heterocycles. The zero-order valence-corrected chi connectivity index (χ0v) is 14.5. The van der Waals surface area contributed by atoms with E-state index in [9.17, 15) is 13.2 Å². The molecule has 0 saturated heterocycles. The summed E-state index contributed by atoms with van der Waals surface area (Å²) in [5, 5.41) is 4.14. The van der Waals surface area contributed by atoms with E-state index in [4.69, 9.17) is 4.74 Å². The van der Waals surface area contributed by atoms with Crippen LogP contribution in [-0.2, 0) is 14.8 Å². The largest absolute Gasteiger partial charge is 0.462 e. The topological polar surface area (TPSA) is 90.3 Å². The highest BCUT2D eigenvalue weighted by Gasteiger charge is 2.23. The number of nitrogens with one attached hydrogen (secondary N) is 1. The third-order valence-electron chi connectivity index (χ3n) is 3.28. The van der Waals surface area contributed by atoms with Gasteiger partial charge < -0.3 is 4.74 Å². The van der Waals surface area contributed by atoms with E-state index < -0.39 is 16.0 Å². The maximum absolute atomic E-state index is 12.3. The van der Waals surface area contributed by atoms with Gasteiger partial charge in [-0.05, 0) is 25.5 Å². The zero-order valence-electron chi connectivity index (χ0n) is 13.7. The quantitative estimate of drug-likeness (QED) is 0.738. The number of hydrogen-bond donors (Lipinski definition) is 1. The Hall–Kier alpha value is -2.35. The predicted octanol–water partition coefficient (Wildman–Crippen LogP) is 2.59. The van der Waals surface area contributed by atoms with Crippen LogP contribution in [0.4, 0.5) is 5.82 Å². The van der Waals surface area contributed by atoms with Crippen molar-refractivity contribution in [2.24, 2.45) is 0 Å². The summed E-state index contributed by atoms with van der Waals surface area (Å²) in [4.78, 5) is 12.1. The first kappa shape index (κ1) is 18.0. The van der Waals surface area contributed by atoms with Crippen molar-refractivity contribution in [2.75, 3.05) is 17.1 Å². The number of anilines is 1. The van der Waals surface area contributed by atoms with Crippen molar-refractivity contribution in [2.45, 2.75) is 26.7 Å². The van der Waals surface area contributed by atoms with Crippen LogP contribution >= 0.6 is 0 Å². The van der Waals surface area contributed by atoms with Crippen LogP contribution in [0.15, 0.2) is 36.5 Å². The van der Waals surface area contributed by atoms with Crippen molar-refractivity contribution >= 4 is 21.8 Å². The number of benzene rings is 1. The van der Waals surface area contributed by atoms with Gasteiger partial charge >= 0.3 is 5.97 Å². The van der Waals surface area contributed by atoms with Crippen LogP contribution in [0.25, 0.3) is 5.69 Å². The van der Waals surface area contributed by atoms with Crippen molar-refractivity contribution in [3.05, 3.63) is 42.1 Å². The number of hydrogen-bond acceptors (Lipinski definition) is 5. The molecule has 8 heteroatoms. The molecule has 0 aliphatic carbocycles. The fraction of sp³-hybridized carbons (Fsp3) is 0.375. The second-order valence-electron chi connectivity index (χ2n) is 5.15. The van der Waals surface area contributed by atoms with Crippen LogP contribution < -0.4 is 4.72 Å². The van der Waals surface area contributed by atoms with Crippen molar-refractivity contribution < 1.29 is 17.9 Å². The number of sulfonamides is 1. The van der Waals surface area contributed by atoms with Gasteiger partial charge in [0.2, 0.25) is 10.0 Å². The Labute approximate surface area is 141 Å². The maximum Gasteiger partial charge on any atom is 0.343 e. The van der Waals surface area contributed by atoms with Gasteiger partial charge in [-0.3, -0.25) is 4.72 Å². The summed E-state index contributed by atoms with van der Waals surface area (Å²) >= 11 is 0. The molecule has 0 aliphatic rings. The van der Waals surface area contributed by atoms with E-state index in [0.29, 0.717) is 12.1 Å². The minimum absolute atomic E-state index is 0.0221. The lowest BCUT2D eigenvalue weighted by Crippen LogP contribution is -2.21. The van der Waals surface area contributed by atoms with Gasteiger partial charge in [0.05, 0.1) is 24.2 Å². The molecule has 1 aromatic carbocycles. The first-order valence-electron chi connectivity index (χ1n) is 7.79. The lowest BCUT2D eigenvalue weighted by molar-refractivity contribution is 0.0527. The summed E-state index contributed by atoms with van der Waals surface area (Å²) in [6.45, 7) is 3.79. The summed E-state index contributed by atoms with van der Waals surface area (Å²) in [6.07, 6.45) is 2.59. The van der Waals surface area contributed by atoms with Crippen molar-refractivity contribution in [1.29, 1.82) is 0 Å². The average molecular weight is 351 g/mol. The smallest absolute Gasteiger partial charge is 0.343 e. The molecule has 0 fully saturated rings. The number of nitrogens with zero attached hydrogens (tertiary/aromatic N) is 2. The Morgan fingerprint density at radius 2 is 1.96 bits per heavy atom. The number of para-hydroxylation sites is 1. The van der Waals surface area contributed by atoms with Crippen LogP contribution in [0.2, 0.25) is 0 Å². The molecule has 0 bridgehead atoms. The van der Waals surface area contributed by atoms with Crippen molar-refractivity contribution in [3.8, 4) is 5.69 Å². The van der Waals surface area contributed by atoms with Gasteiger partial charge in [0.15, 0.2) is 5.82 Å². The minimum atomic E-state index is -3.59. The summed E-state index contributed by atoms with van der Waals surface area (Å²) in [7, 11) is -3.59. The second-order valence-corrected chi connectivity index (χ2v) is 6.99. The van der Waals surface area contributed by atoms with E-state index in [1.807, 2.05) is 13.0 Å². The Bertz CT molecular complexity index is 785. The monoisotopic (exact) mass is 351 g/mol. The number of esters is 1. The highest BCUT2D eigenvalue weighted by atomic mass is 32.2. The highest BCUT2D eigenvalue weighted by Crippen LogP contribution is 2.22. The Balaban J connectivity index is 2.44. The van der Waals surface area contributed by atoms with Gasteiger partial charge in [-0.15, -0.1) is 0 Å². The number of aromatic nitrogens is 2. The molecule has 0 aliphatic heterocycles. The lowest BCUT2D eigenvalue weighted by Gasteiger charge is -2.12. The zero-order chi connectivity index (χ0) is 17.6. The highest BCUT2D eigenvalue weighted by molar-refractivity contribution is 7.92. The van der Waals surface area contributed by atoms with E-state index >= 15 is 0 Å². The predicted molar refractivity (Wildman–Crippen MR) is 91.8 cm³/mol. The Morgan fingerprint density at radius 3 is 2.58 bits per heavy atom. The summed E-state index contributed by atoms with van der Waals surface area (Å²) in [5.41, 5.74) is 0.724. The van der Waals surface area contributed by atoms with Crippen LogP contribution in [0, 0.1) is 0 Å². The van der Waals surface area contributed by atoms with Crippen molar-refractivity contribution in [1.82, 2.24) is 9.78 Å². The summed E-state index contributed by atoms with van der Waals surface area (Å²) in [6, 6.07) is 8.98. The minimum Gasteiger partial charge on any atom is -0.462 e. The lowest BCUT2D eigenvalue weighted by atomic mass is 10.3. The molecule has 0 saturated carbocycles. The SMILES string of the molecule is CCCCS(=O)(=O)Nc1c(C(=O)OCC)cnn1-c1ccccc1. The maximum atomic E-state index is 12.3. The molecule has 0 atom stereocenters. The molecule has 0 spiro atoms. The summed E-state index contributed by atoms with van der Waals surface area (Å²) < 4.78 is 33.4. The molecular weight excluding hydrogens is 330 g/mol. The van der Waals surface area contributed by atoms with Gasteiger partial charge in [0, 0.05) is 0 Å². The van der Waals surface area contributed by atoms with Gasteiger partial charge in [0.1, 0.15) is 5.56 Å². The first-order chi connectivity index (χ1) is 11.5. The van der Waals surface area contributed by atoms with Crippen LogP contribution in [-0.4, -0.2) is 36.5 Å². The van der Waals surface area contributed by atoms with Crippen LogP contribution in [0.3, 0.4) is 0 Å². The molecule has 0 unspecified atom stereocenters. The normalized spacial score (nSPS) is 11.2. The van der Waals surface area contributed by atoms with Gasteiger partial charge in [0.25, 0.3) is 0 Å². The second kappa shape index (κ2) is 7.96.